The van der Waals surface area contributed by atoms with Crippen LogP contribution in [0.15, 0.2) is 71.8 Å². The molecule has 0 radical (unpaired) electrons. The molecule has 0 bridgehead atoms. The number of rotatable bonds is 9. The zero-order valence-corrected chi connectivity index (χ0v) is 21.4. The van der Waals surface area contributed by atoms with Gasteiger partial charge in [-0.3, -0.25) is 13.8 Å². The second-order valence-corrected chi connectivity index (χ2v) is 11.3. The van der Waals surface area contributed by atoms with E-state index in [1.54, 1.807) is 12.1 Å². The third kappa shape index (κ3) is 6.41. The Kier molecular flexibility index (Phi) is 7.88. The molecule has 0 aliphatic heterocycles. The summed E-state index contributed by atoms with van der Waals surface area (Å²) < 4.78 is 58.4. The predicted molar refractivity (Wildman–Crippen MR) is 135 cm³/mol. The Morgan fingerprint density at radius 3 is 2.29 bits per heavy atom. The lowest BCUT2D eigenvalue weighted by Crippen LogP contribution is -2.45. The molecule has 0 aliphatic carbocycles. The standard InChI is InChI=1S/C22H23ClN4O6S2/c1-15(27(34(3,29)30)17-9-12-20(33-2)19(23)14-17)22(28)25-16-7-10-18(11-8-16)35(31,32)26-21-6-4-5-13-24-21/h4-15H,1-3H3,(H,24,26)(H,25,28)/t15-/m0/s1. The number of carbonyl (C=O) groups is 1. The number of amides is 1. The number of halogens is 1. The van der Waals surface area contributed by atoms with Crippen LogP contribution in [0.3, 0.4) is 0 Å². The van der Waals surface area contributed by atoms with Crippen molar-refractivity contribution in [1.29, 1.82) is 0 Å². The van der Waals surface area contributed by atoms with Gasteiger partial charge in [-0.2, -0.15) is 0 Å². The largest absolute Gasteiger partial charge is 0.495 e. The molecule has 1 atom stereocenters. The number of anilines is 3. The average Bonchev–Trinajstić information content (AvgIpc) is 2.79. The van der Waals surface area contributed by atoms with E-state index in [1.807, 2.05) is 0 Å². The monoisotopic (exact) mass is 538 g/mol. The number of benzene rings is 2. The maximum Gasteiger partial charge on any atom is 0.263 e. The van der Waals surface area contributed by atoms with Gasteiger partial charge in [0.15, 0.2) is 0 Å². The molecule has 0 aliphatic rings. The molecule has 2 aromatic carbocycles. The molecule has 0 fully saturated rings. The van der Waals surface area contributed by atoms with Gasteiger partial charge in [-0.05, 0) is 61.5 Å². The van der Waals surface area contributed by atoms with E-state index >= 15 is 0 Å². The molecule has 0 saturated heterocycles. The molecule has 3 aromatic rings. The molecule has 0 spiro atoms. The number of carbonyl (C=O) groups excluding carboxylic acids is 1. The first-order valence-electron chi connectivity index (χ1n) is 10.1. The third-order valence-corrected chi connectivity index (χ3v) is 7.72. The lowest BCUT2D eigenvalue weighted by atomic mass is 10.2. The summed E-state index contributed by atoms with van der Waals surface area (Å²) in [4.78, 5) is 16.8. The zero-order valence-electron chi connectivity index (χ0n) is 19.0. The minimum Gasteiger partial charge on any atom is -0.495 e. The number of aromatic nitrogens is 1. The highest BCUT2D eigenvalue weighted by molar-refractivity contribution is 7.92. The van der Waals surface area contributed by atoms with Gasteiger partial charge in [0.2, 0.25) is 15.9 Å². The van der Waals surface area contributed by atoms with E-state index in [1.165, 1.54) is 68.8 Å². The van der Waals surface area contributed by atoms with Gasteiger partial charge >= 0.3 is 0 Å². The Morgan fingerprint density at radius 1 is 1.06 bits per heavy atom. The first-order chi connectivity index (χ1) is 16.4. The third-order valence-electron chi connectivity index (χ3n) is 4.81. The fraction of sp³-hybridized carbons (Fsp3) is 0.182. The van der Waals surface area contributed by atoms with Crippen molar-refractivity contribution in [1.82, 2.24) is 4.98 Å². The summed E-state index contributed by atoms with van der Waals surface area (Å²) in [7, 11) is -6.33. The number of nitrogens with one attached hydrogen (secondary N) is 2. The number of sulfonamides is 2. The summed E-state index contributed by atoms with van der Waals surface area (Å²) in [5, 5.41) is 2.78. The zero-order chi connectivity index (χ0) is 25.8. The molecule has 1 aromatic heterocycles. The van der Waals surface area contributed by atoms with Crippen LogP contribution in [0.2, 0.25) is 5.02 Å². The highest BCUT2D eigenvalue weighted by atomic mass is 35.5. The summed E-state index contributed by atoms with van der Waals surface area (Å²) in [6.45, 7) is 1.42. The van der Waals surface area contributed by atoms with Crippen molar-refractivity contribution in [3.05, 3.63) is 71.9 Å². The molecule has 0 saturated carbocycles. The van der Waals surface area contributed by atoms with Crippen molar-refractivity contribution in [3.8, 4) is 5.75 Å². The normalized spacial score (nSPS) is 12.5. The molecule has 10 nitrogen and oxygen atoms in total. The van der Waals surface area contributed by atoms with Crippen LogP contribution in [-0.4, -0.2) is 47.1 Å². The fourth-order valence-electron chi connectivity index (χ4n) is 3.19. The van der Waals surface area contributed by atoms with Crippen molar-refractivity contribution in [2.45, 2.75) is 17.9 Å². The van der Waals surface area contributed by atoms with E-state index in [-0.39, 0.29) is 27.1 Å². The van der Waals surface area contributed by atoms with Crippen molar-refractivity contribution >= 4 is 54.7 Å². The first kappa shape index (κ1) is 26.3. The lowest BCUT2D eigenvalue weighted by molar-refractivity contribution is -0.116. The Balaban J connectivity index is 1.78. The highest BCUT2D eigenvalue weighted by Crippen LogP contribution is 2.31. The molecule has 35 heavy (non-hydrogen) atoms. The molecule has 1 amide bonds. The van der Waals surface area contributed by atoms with Crippen LogP contribution >= 0.6 is 11.6 Å². The second-order valence-electron chi connectivity index (χ2n) is 7.39. The van der Waals surface area contributed by atoms with Crippen LogP contribution in [0.25, 0.3) is 0 Å². The van der Waals surface area contributed by atoms with E-state index in [2.05, 4.69) is 15.0 Å². The SMILES string of the molecule is COc1ccc(N([C@@H](C)C(=O)Nc2ccc(S(=O)(=O)Nc3ccccn3)cc2)S(C)(=O)=O)cc1Cl. The molecular formula is C22H23ClN4O6S2. The summed E-state index contributed by atoms with van der Waals surface area (Å²) >= 11 is 6.14. The Labute approximate surface area is 209 Å². The lowest BCUT2D eigenvalue weighted by Gasteiger charge is -2.28. The number of pyridine rings is 1. The highest BCUT2D eigenvalue weighted by Gasteiger charge is 2.30. The Bertz CT molecular complexity index is 1420. The van der Waals surface area contributed by atoms with Gasteiger partial charge in [-0.15, -0.1) is 0 Å². The topological polar surface area (TPSA) is 135 Å². The Morgan fingerprint density at radius 2 is 1.74 bits per heavy atom. The molecule has 186 valence electrons. The van der Waals surface area contributed by atoms with Gasteiger partial charge < -0.3 is 10.1 Å². The minimum absolute atomic E-state index is 0.0418. The van der Waals surface area contributed by atoms with Gasteiger partial charge in [0.25, 0.3) is 10.0 Å². The second kappa shape index (κ2) is 10.5. The number of hydrogen-bond acceptors (Lipinski definition) is 7. The average molecular weight is 539 g/mol. The maximum atomic E-state index is 12.9. The van der Waals surface area contributed by atoms with Gasteiger partial charge in [-0.25, -0.2) is 21.8 Å². The van der Waals surface area contributed by atoms with Crippen LogP contribution in [0.1, 0.15) is 6.92 Å². The van der Waals surface area contributed by atoms with Crippen molar-refractivity contribution < 1.29 is 26.4 Å². The van der Waals surface area contributed by atoms with E-state index < -0.39 is 32.0 Å². The van der Waals surface area contributed by atoms with Crippen molar-refractivity contribution in [2.75, 3.05) is 27.7 Å². The van der Waals surface area contributed by atoms with Crippen LogP contribution < -0.4 is 19.1 Å². The summed E-state index contributed by atoms with van der Waals surface area (Å²) in [5.41, 5.74) is 0.461. The van der Waals surface area contributed by atoms with Crippen LogP contribution in [-0.2, 0) is 24.8 Å². The quantitative estimate of drug-likeness (QED) is 0.426. The van der Waals surface area contributed by atoms with E-state index in [9.17, 15) is 21.6 Å². The van der Waals surface area contributed by atoms with Gasteiger partial charge in [-0.1, -0.05) is 17.7 Å². The number of nitrogens with zero attached hydrogens (tertiary/aromatic N) is 2. The fourth-order valence-corrected chi connectivity index (χ4v) is 5.61. The molecule has 2 N–H and O–H groups in total. The first-order valence-corrected chi connectivity index (χ1v) is 13.8. The van der Waals surface area contributed by atoms with E-state index in [0.717, 1.165) is 10.6 Å². The summed E-state index contributed by atoms with van der Waals surface area (Å²) in [6, 6.07) is 13.4. The van der Waals surface area contributed by atoms with E-state index in [0.29, 0.717) is 5.75 Å². The van der Waals surface area contributed by atoms with E-state index in [4.69, 9.17) is 16.3 Å². The van der Waals surface area contributed by atoms with Gasteiger partial charge in [0, 0.05) is 11.9 Å². The number of hydrogen-bond donors (Lipinski definition) is 2. The van der Waals surface area contributed by atoms with Crippen LogP contribution in [0, 0.1) is 0 Å². The molecular weight excluding hydrogens is 516 g/mol. The molecule has 3 rings (SSSR count). The summed E-state index contributed by atoms with van der Waals surface area (Å²) in [5.74, 6) is -0.115. The minimum atomic E-state index is -3.89. The Hall–Kier alpha value is -3.35. The maximum absolute atomic E-state index is 12.9. The number of methoxy groups -OCH3 is 1. The van der Waals surface area contributed by atoms with Crippen LogP contribution in [0.5, 0.6) is 5.75 Å². The van der Waals surface area contributed by atoms with Crippen molar-refractivity contribution in [2.24, 2.45) is 0 Å². The molecule has 1 heterocycles. The summed E-state index contributed by atoms with van der Waals surface area (Å²) in [6.07, 6.45) is 2.43. The predicted octanol–water partition coefficient (Wildman–Crippen LogP) is 3.34. The number of ether oxygens (including phenoxy) is 1. The van der Waals surface area contributed by atoms with Gasteiger partial charge in [0.1, 0.15) is 17.6 Å². The smallest absolute Gasteiger partial charge is 0.263 e. The molecule has 13 heteroatoms. The van der Waals surface area contributed by atoms with Gasteiger partial charge in [0.05, 0.1) is 29.0 Å². The molecule has 0 unspecified atom stereocenters. The van der Waals surface area contributed by atoms with Crippen LogP contribution in [0.4, 0.5) is 17.2 Å². The van der Waals surface area contributed by atoms with Crippen molar-refractivity contribution in [3.63, 3.8) is 0 Å².